The fourth-order valence-corrected chi connectivity index (χ4v) is 2.77. The van der Waals surface area contributed by atoms with Crippen molar-refractivity contribution in [2.75, 3.05) is 26.2 Å². The Labute approximate surface area is 122 Å². The predicted octanol–water partition coefficient (Wildman–Crippen LogP) is 2.70. The van der Waals surface area contributed by atoms with Gasteiger partial charge in [0.05, 0.1) is 19.2 Å². The highest BCUT2D eigenvalue weighted by Gasteiger charge is 2.20. The molecule has 0 atom stereocenters. The third kappa shape index (κ3) is 4.33. The van der Waals surface area contributed by atoms with Crippen LogP contribution in [0.1, 0.15) is 43.8 Å². The van der Waals surface area contributed by atoms with Crippen LogP contribution in [0.3, 0.4) is 0 Å². The van der Waals surface area contributed by atoms with E-state index in [4.69, 9.17) is 9.15 Å². The molecule has 0 aromatic carbocycles. The maximum Gasteiger partial charge on any atom is 0.120 e. The lowest BCUT2D eigenvalue weighted by Gasteiger charge is -2.31. The van der Waals surface area contributed by atoms with E-state index in [1.54, 1.807) is 0 Å². The molecule has 2 rings (SSSR count). The van der Waals surface area contributed by atoms with Gasteiger partial charge in [0.2, 0.25) is 0 Å². The molecule has 2 heterocycles. The topological polar surface area (TPSA) is 37.6 Å². The van der Waals surface area contributed by atoms with Crippen molar-refractivity contribution in [2.45, 2.75) is 52.8 Å². The standard InChI is InChI=1S/C16H28N2O2/c1-4-17-11-16-13(3)10-15(20-16)12-18-8-6-14(7-9-18)19-5-2/h10,14,17H,4-9,11-12H2,1-3H3. The first kappa shape index (κ1) is 15.5. The first-order chi connectivity index (χ1) is 9.72. The van der Waals surface area contributed by atoms with Crippen molar-refractivity contribution in [3.8, 4) is 0 Å². The molecule has 4 nitrogen and oxygen atoms in total. The van der Waals surface area contributed by atoms with Gasteiger partial charge in [0.1, 0.15) is 11.5 Å². The number of aryl methyl sites for hydroxylation is 1. The molecule has 1 N–H and O–H groups in total. The zero-order valence-corrected chi connectivity index (χ0v) is 13.1. The fourth-order valence-electron chi connectivity index (χ4n) is 2.77. The summed E-state index contributed by atoms with van der Waals surface area (Å²) in [6, 6.07) is 2.18. The number of furan rings is 1. The van der Waals surface area contributed by atoms with Crippen LogP contribution in [-0.4, -0.2) is 37.2 Å². The largest absolute Gasteiger partial charge is 0.463 e. The maximum atomic E-state index is 5.96. The third-order valence-corrected chi connectivity index (χ3v) is 3.92. The van der Waals surface area contributed by atoms with Crippen LogP contribution in [0.4, 0.5) is 0 Å². The lowest BCUT2D eigenvalue weighted by molar-refractivity contribution is 0.0111. The Morgan fingerprint density at radius 2 is 2.10 bits per heavy atom. The van der Waals surface area contributed by atoms with Crippen LogP contribution in [0.25, 0.3) is 0 Å². The highest BCUT2D eigenvalue weighted by Crippen LogP contribution is 2.20. The average Bonchev–Trinajstić information content (AvgIpc) is 2.79. The Kier molecular flexibility index (Phi) is 6.07. The molecule has 0 spiro atoms. The molecule has 20 heavy (non-hydrogen) atoms. The molecule has 0 bridgehead atoms. The summed E-state index contributed by atoms with van der Waals surface area (Å²) in [6.07, 6.45) is 2.73. The Morgan fingerprint density at radius 1 is 1.35 bits per heavy atom. The van der Waals surface area contributed by atoms with E-state index < -0.39 is 0 Å². The number of nitrogens with zero attached hydrogens (tertiary/aromatic N) is 1. The number of hydrogen-bond acceptors (Lipinski definition) is 4. The molecule has 1 aromatic rings. The Bertz CT molecular complexity index is 395. The second-order valence-corrected chi connectivity index (χ2v) is 5.53. The summed E-state index contributed by atoms with van der Waals surface area (Å²) in [5.74, 6) is 2.16. The van der Waals surface area contributed by atoms with Crippen LogP contribution >= 0.6 is 0 Å². The van der Waals surface area contributed by atoms with Crippen molar-refractivity contribution in [2.24, 2.45) is 0 Å². The number of hydrogen-bond donors (Lipinski definition) is 1. The molecule has 4 heteroatoms. The maximum absolute atomic E-state index is 5.96. The lowest BCUT2D eigenvalue weighted by atomic mass is 10.1. The van der Waals surface area contributed by atoms with Crippen molar-refractivity contribution >= 4 is 0 Å². The fraction of sp³-hybridized carbons (Fsp3) is 0.750. The number of ether oxygens (including phenoxy) is 1. The molecular weight excluding hydrogens is 252 g/mol. The van der Waals surface area contributed by atoms with Crippen LogP contribution in [0, 0.1) is 6.92 Å². The molecule has 0 radical (unpaired) electrons. The number of likely N-dealkylation sites (tertiary alicyclic amines) is 1. The first-order valence-corrected chi connectivity index (χ1v) is 7.85. The SMILES string of the molecule is CCNCc1oc(CN2CCC(OCC)CC2)cc1C. The van der Waals surface area contributed by atoms with Gasteiger partial charge in [-0.1, -0.05) is 6.92 Å². The molecule has 0 amide bonds. The van der Waals surface area contributed by atoms with Gasteiger partial charge in [0.25, 0.3) is 0 Å². The average molecular weight is 280 g/mol. The molecule has 1 aliphatic rings. The monoisotopic (exact) mass is 280 g/mol. The van der Waals surface area contributed by atoms with Gasteiger partial charge in [-0.05, 0) is 44.9 Å². The van der Waals surface area contributed by atoms with Crippen LogP contribution in [0.2, 0.25) is 0 Å². The number of piperidine rings is 1. The second kappa shape index (κ2) is 7.81. The zero-order valence-electron chi connectivity index (χ0n) is 13.1. The summed E-state index contributed by atoms with van der Waals surface area (Å²) >= 11 is 0. The summed E-state index contributed by atoms with van der Waals surface area (Å²) in [5.41, 5.74) is 1.25. The molecule has 1 aliphatic heterocycles. The van der Waals surface area contributed by atoms with Gasteiger partial charge in [-0.15, -0.1) is 0 Å². The summed E-state index contributed by atoms with van der Waals surface area (Å²) in [5, 5.41) is 3.32. The third-order valence-electron chi connectivity index (χ3n) is 3.92. The smallest absolute Gasteiger partial charge is 0.120 e. The molecule has 0 unspecified atom stereocenters. The van der Waals surface area contributed by atoms with E-state index in [9.17, 15) is 0 Å². The van der Waals surface area contributed by atoms with E-state index >= 15 is 0 Å². The van der Waals surface area contributed by atoms with Gasteiger partial charge in [0.15, 0.2) is 0 Å². The molecule has 1 aromatic heterocycles. The Balaban J connectivity index is 1.82. The molecule has 0 saturated carbocycles. The minimum Gasteiger partial charge on any atom is -0.463 e. The van der Waals surface area contributed by atoms with Gasteiger partial charge in [-0.25, -0.2) is 0 Å². The van der Waals surface area contributed by atoms with Gasteiger partial charge in [-0.3, -0.25) is 4.90 Å². The van der Waals surface area contributed by atoms with Gasteiger partial charge < -0.3 is 14.5 Å². The van der Waals surface area contributed by atoms with Crippen LogP contribution < -0.4 is 5.32 Å². The normalized spacial score (nSPS) is 17.8. The number of rotatable bonds is 7. The Morgan fingerprint density at radius 3 is 2.75 bits per heavy atom. The Hall–Kier alpha value is -0.840. The second-order valence-electron chi connectivity index (χ2n) is 5.53. The van der Waals surface area contributed by atoms with E-state index in [1.165, 1.54) is 5.56 Å². The van der Waals surface area contributed by atoms with E-state index in [-0.39, 0.29) is 0 Å². The van der Waals surface area contributed by atoms with Crippen molar-refractivity contribution in [1.29, 1.82) is 0 Å². The van der Waals surface area contributed by atoms with Gasteiger partial charge >= 0.3 is 0 Å². The first-order valence-electron chi connectivity index (χ1n) is 7.85. The molecular formula is C16H28N2O2. The van der Waals surface area contributed by atoms with Crippen molar-refractivity contribution in [3.05, 3.63) is 23.2 Å². The van der Waals surface area contributed by atoms with E-state index in [1.807, 2.05) is 0 Å². The van der Waals surface area contributed by atoms with E-state index in [0.29, 0.717) is 6.10 Å². The van der Waals surface area contributed by atoms with E-state index in [0.717, 1.165) is 63.7 Å². The molecule has 0 aliphatic carbocycles. The van der Waals surface area contributed by atoms with Crippen LogP contribution in [0.15, 0.2) is 10.5 Å². The van der Waals surface area contributed by atoms with E-state index in [2.05, 4.69) is 37.1 Å². The molecule has 1 fully saturated rings. The lowest BCUT2D eigenvalue weighted by Crippen LogP contribution is -2.36. The highest BCUT2D eigenvalue weighted by molar-refractivity contribution is 5.20. The summed E-state index contributed by atoms with van der Waals surface area (Å²) in [6.45, 7) is 12.1. The minimum atomic E-state index is 0.457. The van der Waals surface area contributed by atoms with Crippen LogP contribution in [-0.2, 0) is 17.8 Å². The van der Waals surface area contributed by atoms with Gasteiger partial charge in [-0.2, -0.15) is 0 Å². The predicted molar refractivity (Wildman–Crippen MR) is 80.8 cm³/mol. The zero-order chi connectivity index (χ0) is 14.4. The van der Waals surface area contributed by atoms with Crippen molar-refractivity contribution in [3.63, 3.8) is 0 Å². The summed E-state index contributed by atoms with van der Waals surface area (Å²) < 4.78 is 11.6. The van der Waals surface area contributed by atoms with Crippen LogP contribution in [0.5, 0.6) is 0 Å². The van der Waals surface area contributed by atoms with Crippen molar-refractivity contribution < 1.29 is 9.15 Å². The summed E-state index contributed by atoms with van der Waals surface area (Å²) in [7, 11) is 0. The molecule has 1 saturated heterocycles. The minimum absolute atomic E-state index is 0.457. The van der Waals surface area contributed by atoms with Gasteiger partial charge in [0, 0.05) is 19.7 Å². The summed E-state index contributed by atoms with van der Waals surface area (Å²) in [4.78, 5) is 2.46. The quantitative estimate of drug-likeness (QED) is 0.833. The van der Waals surface area contributed by atoms with Crippen molar-refractivity contribution in [1.82, 2.24) is 10.2 Å². The number of nitrogens with one attached hydrogen (secondary N) is 1. The molecule has 114 valence electrons. The highest BCUT2D eigenvalue weighted by atomic mass is 16.5.